The van der Waals surface area contributed by atoms with Crippen LogP contribution >= 0.6 is 0 Å². The van der Waals surface area contributed by atoms with Crippen molar-refractivity contribution in [3.05, 3.63) is 24.3 Å². The predicted octanol–water partition coefficient (Wildman–Crippen LogP) is 1.02. The average molecular weight is 252 g/mol. The van der Waals surface area contributed by atoms with Gasteiger partial charge in [0.1, 0.15) is 0 Å². The lowest BCUT2D eigenvalue weighted by Crippen LogP contribution is -2.35. The van der Waals surface area contributed by atoms with Crippen molar-refractivity contribution in [2.24, 2.45) is 0 Å². The largest absolute Gasteiger partial charge is 0.356 e. The molecule has 1 N–H and O–H groups in total. The van der Waals surface area contributed by atoms with E-state index in [0.717, 1.165) is 23.3 Å². The fourth-order valence-electron chi connectivity index (χ4n) is 1.51. The molecule has 0 unspecified atom stereocenters. The van der Waals surface area contributed by atoms with Crippen LogP contribution in [-0.2, 0) is 14.4 Å². The highest BCUT2D eigenvalue weighted by atomic mass is 16.2. The number of nitrogens with zero attached hydrogens (tertiary/aromatic N) is 1. The first kappa shape index (κ1) is 14.2. The Morgan fingerprint density at radius 1 is 1.33 bits per heavy atom. The van der Waals surface area contributed by atoms with E-state index in [1.54, 1.807) is 0 Å². The van der Waals surface area contributed by atoms with Crippen LogP contribution < -0.4 is 5.32 Å². The molecule has 0 spiro atoms. The summed E-state index contributed by atoms with van der Waals surface area (Å²) in [4.78, 5) is 35.0. The van der Waals surface area contributed by atoms with Crippen LogP contribution in [0.25, 0.3) is 0 Å². The summed E-state index contributed by atoms with van der Waals surface area (Å²) in [5.74, 6) is -0.870. The summed E-state index contributed by atoms with van der Waals surface area (Å²) in [7, 11) is 0. The molecule has 0 fully saturated rings. The third-order valence-corrected chi connectivity index (χ3v) is 2.76. The molecular formula is C13H20N2O3. The van der Waals surface area contributed by atoms with Crippen LogP contribution in [0.5, 0.6) is 0 Å². The second kappa shape index (κ2) is 6.74. The molecular weight excluding hydrogens is 232 g/mol. The van der Waals surface area contributed by atoms with Gasteiger partial charge in [0.25, 0.3) is 11.8 Å². The molecule has 1 heterocycles. The van der Waals surface area contributed by atoms with Crippen molar-refractivity contribution in [3.8, 4) is 0 Å². The first-order valence-corrected chi connectivity index (χ1v) is 6.01. The van der Waals surface area contributed by atoms with Gasteiger partial charge < -0.3 is 5.32 Å². The van der Waals surface area contributed by atoms with Gasteiger partial charge in [-0.25, -0.2) is 0 Å². The van der Waals surface area contributed by atoms with Crippen molar-refractivity contribution in [3.63, 3.8) is 0 Å². The SMILES string of the molecule is C=C(CC)CCNC(=O)CCN1C(=O)C=CC1=O.[HH]. The summed E-state index contributed by atoms with van der Waals surface area (Å²) >= 11 is 0. The Morgan fingerprint density at radius 2 is 1.94 bits per heavy atom. The zero-order valence-electron chi connectivity index (χ0n) is 10.6. The van der Waals surface area contributed by atoms with Gasteiger partial charge in [-0.15, -0.1) is 0 Å². The van der Waals surface area contributed by atoms with Crippen LogP contribution in [0.3, 0.4) is 0 Å². The second-order valence-electron chi connectivity index (χ2n) is 4.11. The van der Waals surface area contributed by atoms with Crippen LogP contribution in [-0.4, -0.2) is 35.7 Å². The Labute approximate surface area is 108 Å². The smallest absolute Gasteiger partial charge is 0.253 e. The maximum absolute atomic E-state index is 11.5. The minimum absolute atomic E-state index is 0. The van der Waals surface area contributed by atoms with E-state index < -0.39 is 0 Å². The highest BCUT2D eigenvalue weighted by molar-refractivity contribution is 6.13. The normalized spacial score (nSPS) is 14.2. The van der Waals surface area contributed by atoms with Crippen LogP contribution in [0.15, 0.2) is 24.3 Å². The minimum Gasteiger partial charge on any atom is -0.356 e. The van der Waals surface area contributed by atoms with Crippen molar-refractivity contribution in [2.75, 3.05) is 13.1 Å². The predicted molar refractivity (Wildman–Crippen MR) is 69.6 cm³/mol. The molecule has 0 aromatic rings. The van der Waals surface area contributed by atoms with E-state index in [9.17, 15) is 14.4 Å². The first-order valence-electron chi connectivity index (χ1n) is 6.01. The van der Waals surface area contributed by atoms with E-state index in [4.69, 9.17) is 0 Å². The van der Waals surface area contributed by atoms with Gasteiger partial charge in [-0.2, -0.15) is 0 Å². The van der Waals surface area contributed by atoms with Crippen molar-refractivity contribution in [1.82, 2.24) is 10.2 Å². The molecule has 5 heteroatoms. The summed E-state index contributed by atoms with van der Waals surface area (Å²) in [6.45, 7) is 6.53. The first-order chi connectivity index (χ1) is 8.54. The van der Waals surface area contributed by atoms with Crippen LogP contribution in [0.4, 0.5) is 0 Å². The van der Waals surface area contributed by atoms with E-state index >= 15 is 0 Å². The molecule has 100 valence electrons. The number of amides is 3. The summed E-state index contributed by atoms with van der Waals surface area (Å²) in [6, 6.07) is 0. The van der Waals surface area contributed by atoms with Gasteiger partial charge >= 0.3 is 0 Å². The molecule has 0 saturated heterocycles. The van der Waals surface area contributed by atoms with E-state index in [0.29, 0.717) is 6.54 Å². The lowest BCUT2D eigenvalue weighted by atomic mass is 10.2. The highest BCUT2D eigenvalue weighted by Gasteiger charge is 2.23. The Bertz CT molecular complexity index is 387. The number of hydrogen-bond donors (Lipinski definition) is 1. The van der Waals surface area contributed by atoms with Gasteiger partial charge in [0.2, 0.25) is 5.91 Å². The van der Waals surface area contributed by atoms with Gasteiger partial charge in [0.15, 0.2) is 0 Å². The van der Waals surface area contributed by atoms with E-state index in [2.05, 4.69) is 11.9 Å². The molecule has 3 amide bonds. The number of rotatable bonds is 7. The summed E-state index contributed by atoms with van der Waals surface area (Å²) < 4.78 is 0. The van der Waals surface area contributed by atoms with Crippen molar-refractivity contribution in [1.29, 1.82) is 0 Å². The average Bonchev–Trinajstić information content (AvgIpc) is 2.66. The van der Waals surface area contributed by atoms with Crippen LogP contribution in [0.2, 0.25) is 0 Å². The van der Waals surface area contributed by atoms with E-state index in [-0.39, 0.29) is 32.1 Å². The quantitative estimate of drug-likeness (QED) is 0.543. The lowest BCUT2D eigenvalue weighted by molar-refractivity contribution is -0.137. The molecule has 0 aromatic carbocycles. The van der Waals surface area contributed by atoms with Crippen molar-refractivity contribution >= 4 is 17.7 Å². The molecule has 1 aliphatic heterocycles. The molecule has 0 saturated carbocycles. The number of carbonyl (C=O) groups excluding carboxylic acids is 3. The summed E-state index contributed by atoms with van der Waals surface area (Å²) in [5, 5.41) is 2.73. The molecule has 5 nitrogen and oxygen atoms in total. The zero-order valence-corrected chi connectivity index (χ0v) is 10.6. The fraction of sp³-hybridized carbons (Fsp3) is 0.462. The zero-order chi connectivity index (χ0) is 13.5. The maximum atomic E-state index is 11.5. The number of carbonyl (C=O) groups is 3. The standard InChI is InChI=1S/C13H18N2O3.H2/c1-3-10(2)6-8-14-11(16)7-9-15-12(17)4-5-13(15)18;/h4-5H,2-3,6-9H2,1H3,(H,14,16);1H. The van der Waals surface area contributed by atoms with E-state index in [1.165, 1.54) is 12.2 Å². The number of hydrogen-bond acceptors (Lipinski definition) is 3. The van der Waals surface area contributed by atoms with Crippen molar-refractivity contribution < 1.29 is 15.8 Å². The van der Waals surface area contributed by atoms with Gasteiger partial charge in [-0.1, -0.05) is 19.1 Å². The van der Waals surface area contributed by atoms with Crippen LogP contribution in [0, 0.1) is 0 Å². The van der Waals surface area contributed by atoms with Gasteiger partial charge in [0.05, 0.1) is 0 Å². The number of imide groups is 1. The molecule has 18 heavy (non-hydrogen) atoms. The third-order valence-electron chi connectivity index (χ3n) is 2.76. The fourth-order valence-corrected chi connectivity index (χ4v) is 1.51. The lowest BCUT2D eigenvalue weighted by Gasteiger charge is -2.13. The second-order valence-corrected chi connectivity index (χ2v) is 4.11. The molecule has 0 radical (unpaired) electrons. The van der Waals surface area contributed by atoms with Crippen molar-refractivity contribution in [2.45, 2.75) is 26.2 Å². The molecule has 1 aliphatic rings. The van der Waals surface area contributed by atoms with Gasteiger partial charge in [-0.3, -0.25) is 19.3 Å². The number of nitrogens with one attached hydrogen (secondary N) is 1. The Kier molecular flexibility index (Phi) is 5.30. The van der Waals surface area contributed by atoms with Crippen LogP contribution in [0.1, 0.15) is 27.6 Å². The Morgan fingerprint density at radius 3 is 2.50 bits per heavy atom. The molecule has 0 atom stereocenters. The van der Waals surface area contributed by atoms with Gasteiger partial charge in [0, 0.05) is 33.1 Å². The minimum atomic E-state index is -0.354. The molecule has 1 rings (SSSR count). The molecule has 0 bridgehead atoms. The molecule has 0 aromatic heterocycles. The molecule has 0 aliphatic carbocycles. The van der Waals surface area contributed by atoms with Gasteiger partial charge in [-0.05, 0) is 12.8 Å². The third kappa shape index (κ3) is 4.16. The van der Waals surface area contributed by atoms with E-state index in [1.807, 2.05) is 6.92 Å². The Hall–Kier alpha value is -1.91. The Balaban J connectivity index is 0.00000324. The summed E-state index contributed by atoms with van der Waals surface area (Å²) in [6.07, 6.45) is 4.22. The highest BCUT2D eigenvalue weighted by Crippen LogP contribution is 2.04. The topological polar surface area (TPSA) is 66.5 Å². The monoisotopic (exact) mass is 252 g/mol. The maximum Gasteiger partial charge on any atom is 0.253 e. The summed E-state index contributed by atoms with van der Waals surface area (Å²) in [5.41, 5.74) is 1.09.